The molecule has 0 unspecified atom stereocenters. The highest BCUT2D eigenvalue weighted by Gasteiger charge is 2.45. The van der Waals surface area contributed by atoms with Crippen LogP contribution in [0.25, 0.3) is 5.76 Å². The van der Waals surface area contributed by atoms with Gasteiger partial charge in [0.05, 0.1) is 11.6 Å². The second-order valence-electron chi connectivity index (χ2n) is 7.37. The van der Waals surface area contributed by atoms with Gasteiger partial charge in [0, 0.05) is 25.8 Å². The summed E-state index contributed by atoms with van der Waals surface area (Å²) in [7, 11) is 1.59. The Balaban J connectivity index is 2.05. The number of amides is 1. The normalized spacial score (nSPS) is 17.7. The summed E-state index contributed by atoms with van der Waals surface area (Å²) >= 11 is 0. The fourth-order valence-corrected chi connectivity index (χ4v) is 3.60. The first-order valence-electron chi connectivity index (χ1n) is 10.2. The van der Waals surface area contributed by atoms with Crippen LogP contribution in [0.5, 0.6) is 5.75 Å². The summed E-state index contributed by atoms with van der Waals surface area (Å²) in [6, 6.07) is 13.7. The Hall–Kier alpha value is -3.38. The van der Waals surface area contributed by atoms with Crippen molar-refractivity contribution in [1.82, 2.24) is 4.90 Å². The topological polar surface area (TPSA) is 76.1 Å². The van der Waals surface area contributed by atoms with Crippen molar-refractivity contribution < 1.29 is 24.2 Å². The van der Waals surface area contributed by atoms with Crippen LogP contribution >= 0.6 is 0 Å². The van der Waals surface area contributed by atoms with Gasteiger partial charge in [0.2, 0.25) is 0 Å². The van der Waals surface area contributed by atoms with Gasteiger partial charge in [-0.1, -0.05) is 54.6 Å². The Labute approximate surface area is 182 Å². The average Bonchev–Trinajstić information content (AvgIpc) is 3.03. The Morgan fingerprint density at radius 1 is 1.13 bits per heavy atom. The number of carbonyl (C=O) groups excluding carboxylic acids is 2. The van der Waals surface area contributed by atoms with E-state index in [1.54, 1.807) is 49.6 Å². The van der Waals surface area contributed by atoms with Crippen molar-refractivity contribution >= 4 is 17.4 Å². The highest BCUT2D eigenvalue weighted by molar-refractivity contribution is 6.46. The third-order valence-corrected chi connectivity index (χ3v) is 5.18. The maximum atomic E-state index is 12.9. The Morgan fingerprint density at radius 3 is 2.42 bits per heavy atom. The number of nitrogens with zero attached hydrogens (tertiary/aromatic N) is 1. The number of likely N-dealkylation sites (tertiary alicyclic amines) is 1. The summed E-state index contributed by atoms with van der Waals surface area (Å²) in [5.74, 6) is -0.836. The Morgan fingerprint density at radius 2 is 1.81 bits per heavy atom. The summed E-state index contributed by atoms with van der Waals surface area (Å²) in [5, 5.41) is 11.0. The predicted octanol–water partition coefficient (Wildman–Crippen LogP) is 4.02. The molecule has 31 heavy (non-hydrogen) atoms. The maximum absolute atomic E-state index is 12.9. The second-order valence-corrected chi connectivity index (χ2v) is 7.37. The van der Waals surface area contributed by atoms with Crippen LogP contribution in [0.1, 0.15) is 29.2 Å². The molecule has 0 aromatic heterocycles. The van der Waals surface area contributed by atoms with Gasteiger partial charge in [0.15, 0.2) is 0 Å². The molecule has 1 heterocycles. The van der Waals surface area contributed by atoms with E-state index in [0.717, 1.165) is 11.1 Å². The van der Waals surface area contributed by atoms with Crippen LogP contribution in [0.15, 0.2) is 66.8 Å². The molecule has 0 bridgehead atoms. The van der Waals surface area contributed by atoms with Crippen molar-refractivity contribution in [2.45, 2.75) is 19.4 Å². The molecule has 1 amide bonds. The molecule has 0 aliphatic carbocycles. The standard InChI is InChI=1S/C25H27NO5/c1-4-15-31-20-12-10-18(11-13-20)22-21(23(27)19-8-6-17(2)7-9-19)24(28)25(29)26(22)14-5-16-30-3/h4,6-13,22,27H,1,5,14-16H2,2-3H3/b23-21+/t22-/m0/s1. The van der Waals surface area contributed by atoms with Gasteiger partial charge in [-0.3, -0.25) is 9.59 Å². The van der Waals surface area contributed by atoms with E-state index in [0.29, 0.717) is 37.5 Å². The van der Waals surface area contributed by atoms with Gasteiger partial charge in [-0.15, -0.1) is 0 Å². The quantitative estimate of drug-likeness (QED) is 0.218. The van der Waals surface area contributed by atoms with E-state index in [9.17, 15) is 14.7 Å². The zero-order chi connectivity index (χ0) is 22.4. The van der Waals surface area contributed by atoms with E-state index in [1.165, 1.54) is 4.90 Å². The number of ketones is 1. The summed E-state index contributed by atoms with van der Waals surface area (Å²) in [6.45, 7) is 6.74. The van der Waals surface area contributed by atoms with Crippen LogP contribution < -0.4 is 4.74 Å². The number of ether oxygens (including phenoxy) is 2. The van der Waals surface area contributed by atoms with Gasteiger partial charge in [-0.2, -0.15) is 0 Å². The van der Waals surface area contributed by atoms with E-state index in [-0.39, 0.29) is 11.3 Å². The lowest BCUT2D eigenvalue weighted by molar-refractivity contribution is -0.140. The van der Waals surface area contributed by atoms with Crippen molar-refractivity contribution in [3.05, 3.63) is 83.4 Å². The largest absolute Gasteiger partial charge is 0.507 e. The number of hydrogen-bond donors (Lipinski definition) is 1. The van der Waals surface area contributed by atoms with E-state index < -0.39 is 17.7 Å². The zero-order valence-electron chi connectivity index (χ0n) is 17.8. The minimum absolute atomic E-state index is 0.0889. The number of methoxy groups -OCH3 is 1. The molecule has 2 aromatic carbocycles. The highest BCUT2D eigenvalue weighted by Crippen LogP contribution is 2.39. The minimum atomic E-state index is -0.688. The van der Waals surface area contributed by atoms with Crippen LogP contribution in [0, 0.1) is 6.92 Å². The molecule has 6 nitrogen and oxygen atoms in total. The summed E-state index contributed by atoms with van der Waals surface area (Å²) in [5.41, 5.74) is 2.34. The lowest BCUT2D eigenvalue weighted by Gasteiger charge is -2.25. The number of carbonyl (C=O) groups is 2. The van der Waals surface area contributed by atoms with Crippen molar-refractivity contribution in [2.24, 2.45) is 0 Å². The van der Waals surface area contributed by atoms with Crippen LogP contribution in [0.4, 0.5) is 0 Å². The maximum Gasteiger partial charge on any atom is 0.295 e. The van der Waals surface area contributed by atoms with Crippen molar-refractivity contribution in [2.75, 3.05) is 26.9 Å². The van der Waals surface area contributed by atoms with Crippen molar-refractivity contribution in [3.8, 4) is 5.75 Å². The molecule has 162 valence electrons. The SMILES string of the molecule is C=CCOc1ccc([C@H]2/C(=C(\O)c3ccc(C)cc3)C(=O)C(=O)N2CCCOC)cc1. The zero-order valence-corrected chi connectivity index (χ0v) is 17.8. The monoisotopic (exact) mass is 421 g/mol. The lowest BCUT2D eigenvalue weighted by Crippen LogP contribution is -2.31. The van der Waals surface area contributed by atoms with Gasteiger partial charge in [0.25, 0.3) is 11.7 Å². The molecule has 0 saturated carbocycles. The van der Waals surface area contributed by atoms with Gasteiger partial charge < -0.3 is 19.5 Å². The number of aryl methyl sites for hydroxylation is 1. The van der Waals surface area contributed by atoms with E-state index in [1.807, 2.05) is 19.1 Å². The third-order valence-electron chi connectivity index (χ3n) is 5.18. The molecule has 1 fully saturated rings. The van der Waals surface area contributed by atoms with E-state index >= 15 is 0 Å². The Kier molecular flexibility index (Phi) is 7.26. The van der Waals surface area contributed by atoms with Gasteiger partial charge in [-0.25, -0.2) is 0 Å². The fraction of sp³-hybridized carbons (Fsp3) is 0.280. The highest BCUT2D eigenvalue weighted by atomic mass is 16.5. The smallest absolute Gasteiger partial charge is 0.295 e. The van der Waals surface area contributed by atoms with Crippen molar-refractivity contribution in [3.63, 3.8) is 0 Å². The molecule has 3 rings (SSSR count). The molecule has 1 aliphatic heterocycles. The van der Waals surface area contributed by atoms with Gasteiger partial charge >= 0.3 is 0 Å². The summed E-state index contributed by atoms with van der Waals surface area (Å²) in [6.07, 6.45) is 2.23. The van der Waals surface area contributed by atoms with E-state index in [4.69, 9.17) is 9.47 Å². The number of Topliss-reactive ketones (excluding diaryl/α,β-unsaturated/α-hetero) is 1. The average molecular weight is 421 g/mol. The molecule has 1 aliphatic rings. The molecule has 1 saturated heterocycles. The van der Waals surface area contributed by atoms with Gasteiger partial charge in [0.1, 0.15) is 18.1 Å². The molecular weight excluding hydrogens is 394 g/mol. The van der Waals surface area contributed by atoms with Crippen LogP contribution in [0.3, 0.4) is 0 Å². The first-order chi connectivity index (χ1) is 15.0. The van der Waals surface area contributed by atoms with Crippen LogP contribution in [0.2, 0.25) is 0 Å². The molecular formula is C25H27NO5. The molecule has 1 atom stereocenters. The number of benzene rings is 2. The second kappa shape index (κ2) is 10.1. The first kappa shape index (κ1) is 22.3. The van der Waals surface area contributed by atoms with Crippen LogP contribution in [-0.4, -0.2) is 48.6 Å². The molecule has 2 aromatic rings. The predicted molar refractivity (Wildman–Crippen MR) is 119 cm³/mol. The number of aliphatic hydroxyl groups is 1. The molecule has 1 N–H and O–H groups in total. The van der Waals surface area contributed by atoms with Crippen LogP contribution in [-0.2, 0) is 14.3 Å². The van der Waals surface area contributed by atoms with E-state index in [2.05, 4.69) is 6.58 Å². The summed E-state index contributed by atoms with van der Waals surface area (Å²) in [4.78, 5) is 27.3. The minimum Gasteiger partial charge on any atom is -0.507 e. The fourth-order valence-electron chi connectivity index (χ4n) is 3.60. The number of rotatable bonds is 9. The Bertz CT molecular complexity index is 976. The number of aliphatic hydroxyl groups excluding tert-OH is 1. The lowest BCUT2D eigenvalue weighted by atomic mass is 9.95. The molecule has 0 radical (unpaired) electrons. The molecule has 0 spiro atoms. The van der Waals surface area contributed by atoms with Gasteiger partial charge in [-0.05, 0) is 31.0 Å². The third kappa shape index (κ3) is 4.86. The molecule has 6 heteroatoms. The number of hydrogen-bond acceptors (Lipinski definition) is 5. The van der Waals surface area contributed by atoms with Crippen molar-refractivity contribution in [1.29, 1.82) is 0 Å². The summed E-state index contributed by atoms with van der Waals surface area (Å²) < 4.78 is 10.6. The first-order valence-corrected chi connectivity index (χ1v) is 10.2.